The van der Waals surface area contributed by atoms with Gasteiger partial charge in [-0.2, -0.15) is 13.5 Å². The first-order chi connectivity index (χ1) is 11.0. The molecule has 1 aromatic rings. The zero-order valence-electron chi connectivity index (χ0n) is 14.0. The monoisotopic (exact) mass is 334 g/mol. The van der Waals surface area contributed by atoms with Crippen LogP contribution in [0.25, 0.3) is 0 Å². The van der Waals surface area contributed by atoms with Gasteiger partial charge in [-0.1, -0.05) is 31.9 Å². The fraction of sp³-hybridized carbons (Fsp3) is 0.611. The summed E-state index contributed by atoms with van der Waals surface area (Å²) in [5.74, 6) is 2.00. The van der Waals surface area contributed by atoms with Crippen LogP contribution in [0.15, 0.2) is 34.3 Å². The highest BCUT2D eigenvalue weighted by atomic mass is 32.2. The number of nitrogens with one attached hydrogen (secondary N) is 1. The van der Waals surface area contributed by atoms with Gasteiger partial charge in [0.05, 0.1) is 4.90 Å². The predicted octanol–water partition coefficient (Wildman–Crippen LogP) is 3.73. The second kappa shape index (κ2) is 6.63. The summed E-state index contributed by atoms with van der Waals surface area (Å²) < 4.78 is 24.7. The lowest BCUT2D eigenvalue weighted by atomic mass is 9.86. The highest BCUT2D eigenvalue weighted by molar-refractivity contribution is 7.89. The quantitative estimate of drug-likeness (QED) is 0.636. The fourth-order valence-electron chi connectivity index (χ4n) is 4.15. The van der Waals surface area contributed by atoms with E-state index < -0.39 is 10.0 Å². The van der Waals surface area contributed by atoms with Gasteiger partial charge in [-0.3, -0.25) is 0 Å². The lowest BCUT2D eigenvalue weighted by molar-refractivity contribution is 0.413. The minimum atomic E-state index is -3.57. The van der Waals surface area contributed by atoms with Crippen LogP contribution in [0.1, 0.15) is 51.5 Å². The van der Waals surface area contributed by atoms with Crippen LogP contribution in [-0.4, -0.2) is 14.1 Å². The molecule has 2 saturated carbocycles. The van der Waals surface area contributed by atoms with E-state index in [0.717, 1.165) is 30.0 Å². The van der Waals surface area contributed by atoms with Crippen molar-refractivity contribution in [3.05, 3.63) is 29.8 Å². The molecule has 126 valence electrons. The molecule has 0 aliphatic heterocycles. The Hall–Kier alpha value is -1.36. The second-order valence-electron chi connectivity index (χ2n) is 7.02. The Balaban J connectivity index is 1.67. The molecule has 3 rings (SSSR count). The first-order valence-electron chi connectivity index (χ1n) is 8.64. The van der Waals surface area contributed by atoms with E-state index in [1.807, 2.05) is 19.1 Å². The Morgan fingerprint density at radius 1 is 1.22 bits per heavy atom. The van der Waals surface area contributed by atoms with Gasteiger partial charge in [0, 0.05) is 11.6 Å². The Kier molecular flexibility index (Phi) is 4.76. The molecule has 23 heavy (non-hydrogen) atoms. The summed E-state index contributed by atoms with van der Waals surface area (Å²) >= 11 is 0. The zero-order valence-corrected chi connectivity index (χ0v) is 14.8. The number of sulfonamides is 1. The SMILES string of the molecule is CCCc1ccc(S(=O)(=O)NN=C(C)C2CC3CCC2C3)cc1. The number of aryl methyl sites for hydroxylation is 1. The minimum Gasteiger partial charge on any atom is -0.200 e. The van der Waals surface area contributed by atoms with E-state index in [0.29, 0.717) is 11.8 Å². The Labute approximate surface area is 139 Å². The van der Waals surface area contributed by atoms with Gasteiger partial charge < -0.3 is 0 Å². The number of hydrogen-bond acceptors (Lipinski definition) is 3. The van der Waals surface area contributed by atoms with Gasteiger partial charge >= 0.3 is 0 Å². The molecule has 2 aliphatic rings. The molecule has 2 fully saturated rings. The van der Waals surface area contributed by atoms with Crippen LogP contribution in [0.3, 0.4) is 0 Å². The number of nitrogens with zero attached hydrogens (tertiary/aromatic N) is 1. The third-order valence-corrected chi connectivity index (χ3v) is 6.61. The molecular weight excluding hydrogens is 308 g/mol. The summed E-state index contributed by atoms with van der Waals surface area (Å²) in [4.78, 5) is 2.70. The molecule has 0 spiro atoms. The van der Waals surface area contributed by atoms with Gasteiger partial charge in [-0.05, 0) is 62.1 Å². The lowest BCUT2D eigenvalue weighted by Gasteiger charge is -2.21. The molecule has 2 bridgehead atoms. The van der Waals surface area contributed by atoms with E-state index >= 15 is 0 Å². The van der Waals surface area contributed by atoms with Crippen LogP contribution in [0, 0.1) is 17.8 Å². The second-order valence-corrected chi connectivity index (χ2v) is 8.68. The van der Waals surface area contributed by atoms with E-state index in [-0.39, 0.29) is 4.90 Å². The van der Waals surface area contributed by atoms with E-state index in [9.17, 15) is 8.42 Å². The van der Waals surface area contributed by atoms with Crippen molar-refractivity contribution < 1.29 is 8.42 Å². The smallest absolute Gasteiger partial charge is 0.200 e. The number of rotatable bonds is 6. The van der Waals surface area contributed by atoms with Crippen molar-refractivity contribution in [3.8, 4) is 0 Å². The van der Waals surface area contributed by atoms with Crippen LogP contribution in [0.5, 0.6) is 0 Å². The van der Waals surface area contributed by atoms with Crippen LogP contribution >= 0.6 is 0 Å². The van der Waals surface area contributed by atoms with E-state index in [1.165, 1.54) is 25.7 Å². The topological polar surface area (TPSA) is 58.5 Å². The highest BCUT2D eigenvalue weighted by Gasteiger charge is 2.40. The summed E-state index contributed by atoms with van der Waals surface area (Å²) in [6, 6.07) is 7.08. The Morgan fingerprint density at radius 3 is 2.52 bits per heavy atom. The van der Waals surface area contributed by atoms with Gasteiger partial charge in [0.25, 0.3) is 10.0 Å². The van der Waals surface area contributed by atoms with Crippen LogP contribution in [0.4, 0.5) is 0 Å². The van der Waals surface area contributed by atoms with Crippen molar-refractivity contribution in [2.45, 2.75) is 57.3 Å². The van der Waals surface area contributed by atoms with Crippen molar-refractivity contribution in [3.63, 3.8) is 0 Å². The molecule has 0 heterocycles. The Bertz CT molecular complexity index is 679. The van der Waals surface area contributed by atoms with Gasteiger partial charge in [0.1, 0.15) is 0 Å². The van der Waals surface area contributed by atoms with Gasteiger partial charge in [0.15, 0.2) is 0 Å². The van der Waals surface area contributed by atoms with Crippen molar-refractivity contribution in [2.24, 2.45) is 22.9 Å². The average molecular weight is 334 g/mol. The Morgan fingerprint density at radius 2 is 1.96 bits per heavy atom. The molecule has 0 aromatic heterocycles. The number of fused-ring (bicyclic) bond motifs is 2. The summed E-state index contributed by atoms with van der Waals surface area (Å²) in [6.45, 7) is 4.07. The third kappa shape index (κ3) is 3.60. The van der Waals surface area contributed by atoms with E-state index in [4.69, 9.17) is 0 Å². The third-order valence-electron chi connectivity index (χ3n) is 5.39. The first kappa shape index (κ1) is 16.5. The summed E-state index contributed by atoms with van der Waals surface area (Å²) in [5, 5.41) is 4.21. The maximum Gasteiger partial charge on any atom is 0.276 e. The normalized spacial score (nSPS) is 27.4. The van der Waals surface area contributed by atoms with E-state index in [1.54, 1.807) is 12.1 Å². The lowest BCUT2D eigenvalue weighted by Crippen LogP contribution is -2.24. The van der Waals surface area contributed by atoms with Gasteiger partial charge in [0.2, 0.25) is 0 Å². The average Bonchev–Trinajstić information content (AvgIpc) is 3.17. The maximum absolute atomic E-state index is 12.4. The van der Waals surface area contributed by atoms with Gasteiger partial charge in [-0.25, -0.2) is 4.83 Å². The van der Waals surface area contributed by atoms with Crippen LogP contribution in [0.2, 0.25) is 0 Å². The first-order valence-corrected chi connectivity index (χ1v) is 10.1. The molecular formula is C18H26N2O2S. The number of hydrogen-bond donors (Lipinski definition) is 1. The van der Waals surface area contributed by atoms with Crippen molar-refractivity contribution in [1.82, 2.24) is 4.83 Å². The summed E-state index contributed by atoms with van der Waals surface area (Å²) in [6.07, 6.45) is 7.10. The molecule has 0 amide bonds. The summed E-state index contributed by atoms with van der Waals surface area (Å²) in [7, 11) is -3.57. The number of benzene rings is 1. The fourth-order valence-corrected chi connectivity index (χ4v) is 5.01. The van der Waals surface area contributed by atoms with E-state index in [2.05, 4.69) is 16.9 Å². The number of hydrazone groups is 1. The largest absolute Gasteiger partial charge is 0.276 e. The highest BCUT2D eigenvalue weighted by Crippen LogP contribution is 2.48. The molecule has 4 nitrogen and oxygen atoms in total. The molecule has 1 aromatic carbocycles. The molecule has 2 aliphatic carbocycles. The predicted molar refractivity (Wildman–Crippen MR) is 92.8 cm³/mol. The van der Waals surface area contributed by atoms with Crippen LogP contribution < -0.4 is 4.83 Å². The zero-order chi connectivity index (χ0) is 16.4. The standard InChI is InChI=1S/C18H26N2O2S/c1-3-4-14-6-9-17(10-7-14)23(21,22)20-19-13(2)18-12-15-5-8-16(18)11-15/h6-7,9-10,15-16,18,20H,3-5,8,11-12H2,1-2H3. The van der Waals surface area contributed by atoms with Crippen molar-refractivity contribution >= 4 is 15.7 Å². The summed E-state index contributed by atoms with van der Waals surface area (Å²) in [5.41, 5.74) is 2.09. The minimum absolute atomic E-state index is 0.279. The maximum atomic E-state index is 12.4. The molecule has 3 atom stereocenters. The van der Waals surface area contributed by atoms with Crippen LogP contribution in [-0.2, 0) is 16.4 Å². The molecule has 5 heteroatoms. The van der Waals surface area contributed by atoms with Crippen molar-refractivity contribution in [1.29, 1.82) is 0 Å². The molecule has 3 unspecified atom stereocenters. The van der Waals surface area contributed by atoms with Crippen molar-refractivity contribution in [2.75, 3.05) is 0 Å². The molecule has 0 saturated heterocycles. The molecule has 0 radical (unpaired) electrons. The molecule has 1 N–H and O–H groups in total. The van der Waals surface area contributed by atoms with Gasteiger partial charge in [-0.15, -0.1) is 0 Å².